The maximum absolute atomic E-state index is 12.6. The van der Waals surface area contributed by atoms with Gasteiger partial charge in [-0.15, -0.1) is 0 Å². The van der Waals surface area contributed by atoms with Gasteiger partial charge in [0.15, 0.2) is 5.78 Å². The third-order valence-corrected chi connectivity index (χ3v) is 2.80. The van der Waals surface area contributed by atoms with Crippen LogP contribution in [0.1, 0.15) is 29.8 Å². The quantitative estimate of drug-likeness (QED) is 0.819. The van der Waals surface area contributed by atoms with Gasteiger partial charge in [-0.3, -0.25) is 4.79 Å². The number of carbonyl (C=O) groups excluding carboxylic acids is 1. The molecule has 0 amide bonds. The van der Waals surface area contributed by atoms with Crippen molar-refractivity contribution >= 4 is 11.6 Å². The molecule has 1 aromatic heterocycles. The molecule has 0 radical (unpaired) electrons. The zero-order chi connectivity index (χ0) is 14.4. The molecule has 0 spiro atoms. The van der Waals surface area contributed by atoms with Gasteiger partial charge in [0.05, 0.1) is 12.2 Å². The van der Waals surface area contributed by atoms with Crippen molar-refractivity contribution in [2.24, 2.45) is 0 Å². The smallest absolute Gasteiger partial charge is 0.196 e. The van der Waals surface area contributed by atoms with Crippen LogP contribution in [0, 0.1) is 0 Å². The van der Waals surface area contributed by atoms with E-state index in [1.165, 1.54) is 0 Å². The number of nitrogens with one attached hydrogen (secondary N) is 1. The van der Waals surface area contributed by atoms with E-state index in [9.17, 15) is 4.79 Å². The van der Waals surface area contributed by atoms with Crippen molar-refractivity contribution in [3.63, 3.8) is 0 Å². The molecular formula is C16H18N2O2. The van der Waals surface area contributed by atoms with E-state index in [0.29, 0.717) is 29.3 Å². The SMILES string of the molecule is CCNc1ncccc1C(=O)c1cccc(OCC)c1. The van der Waals surface area contributed by atoms with Crippen LogP contribution < -0.4 is 10.1 Å². The van der Waals surface area contributed by atoms with Gasteiger partial charge in [0, 0.05) is 18.3 Å². The number of anilines is 1. The molecule has 2 rings (SSSR count). The Bertz CT molecular complexity index is 597. The highest BCUT2D eigenvalue weighted by molar-refractivity contribution is 6.12. The van der Waals surface area contributed by atoms with Gasteiger partial charge in [0.1, 0.15) is 11.6 Å². The summed E-state index contributed by atoms with van der Waals surface area (Å²) in [7, 11) is 0. The summed E-state index contributed by atoms with van der Waals surface area (Å²) in [5, 5.41) is 3.10. The first-order chi connectivity index (χ1) is 9.76. The summed E-state index contributed by atoms with van der Waals surface area (Å²) < 4.78 is 5.43. The minimum Gasteiger partial charge on any atom is -0.494 e. The van der Waals surface area contributed by atoms with Crippen LogP contribution in [0.4, 0.5) is 5.82 Å². The molecule has 0 saturated heterocycles. The molecule has 1 aromatic carbocycles. The Labute approximate surface area is 118 Å². The number of hydrogen-bond donors (Lipinski definition) is 1. The summed E-state index contributed by atoms with van der Waals surface area (Å²) in [6.45, 7) is 5.18. The molecule has 0 unspecified atom stereocenters. The van der Waals surface area contributed by atoms with Crippen LogP contribution in [-0.2, 0) is 0 Å². The Morgan fingerprint density at radius 1 is 1.25 bits per heavy atom. The predicted molar refractivity (Wildman–Crippen MR) is 79.4 cm³/mol. The molecule has 0 aliphatic carbocycles. The zero-order valence-corrected chi connectivity index (χ0v) is 11.7. The van der Waals surface area contributed by atoms with E-state index < -0.39 is 0 Å². The first-order valence-corrected chi connectivity index (χ1v) is 6.72. The highest BCUT2D eigenvalue weighted by Crippen LogP contribution is 2.20. The third-order valence-electron chi connectivity index (χ3n) is 2.80. The van der Waals surface area contributed by atoms with Crippen LogP contribution >= 0.6 is 0 Å². The van der Waals surface area contributed by atoms with E-state index in [-0.39, 0.29) is 5.78 Å². The van der Waals surface area contributed by atoms with Gasteiger partial charge in [-0.25, -0.2) is 4.98 Å². The summed E-state index contributed by atoms with van der Waals surface area (Å²) in [4.78, 5) is 16.8. The van der Waals surface area contributed by atoms with E-state index in [1.807, 2.05) is 26.0 Å². The number of ketones is 1. The molecule has 4 heteroatoms. The van der Waals surface area contributed by atoms with E-state index >= 15 is 0 Å². The molecule has 2 aromatic rings. The largest absolute Gasteiger partial charge is 0.494 e. The number of carbonyl (C=O) groups is 1. The zero-order valence-electron chi connectivity index (χ0n) is 11.7. The van der Waals surface area contributed by atoms with Gasteiger partial charge in [0.25, 0.3) is 0 Å². The molecule has 4 nitrogen and oxygen atoms in total. The second-order valence-electron chi connectivity index (χ2n) is 4.22. The second kappa shape index (κ2) is 6.70. The summed E-state index contributed by atoms with van der Waals surface area (Å²) >= 11 is 0. The number of pyridine rings is 1. The van der Waals surface area contributed by atoms with Crippen molar-refractivity contribution in [1.82, 2.24) is 4.98 Å². The lowest BCUT2D eigenvalue weighted by Gasteiger charge is -2.09. The molecule has 0 bridgehead atoms. The molecule has 1 heterocycles. The molecule has 20 heavy (non-hydrogen) atoms. The molecule has 0 fully saturated rings. The summed E-state index contributed by atoms with van der Waals surface area (Å²) in [6.07, 6.45) is 1.67. The Balaban J connectivity index is 2.33. The number of aromatic nitrogens is 1. The topological polar surface area (TPSA) is 51.2 Å². The first-order valence-electron chi connectivity index (χ1n) is 6.72. The fraction of sp³-hybridized carbons (Fsp3) is 0.250. The van der Waals surface area contributed by atoms with Gasteiger partial charge in [-0.1, -0.05) is 12.1 Å². The Kier molecular flexibility index (Phi) is 4.71. The van der Waals surface area contributed by atoms with Crippen LogP contribution in [0.15, 0.2) is 42.6 Å². The second-order valence-corrected chi connectivity index (χ2v) is 4.22. The lowest BCUT2D eigenvalue weighted by molar-refractivity contribution is 0.103. The van der Waals surface area contributed by atoms with Crippen LogP contribution in [0.2, 0.25) is 0 Å². The fourth-order valence-electron chi connectivity index (χ4n) is 1.95. The first kappa shape index (κ1) is 14.1. The lowest BCUT2D eigenvalue weighted by atomic mass is 10.0. The van der Waals surface area contributed by atoms with Gasteiger partial charge in [-0.05, 0) is 38.1 Å². The maximum Gasteiger partial charge on any atom is 0.196 e. The molecule has 104 valence electrons. The van der Waals surface area contributed by atoms with Gasteiger partial charge >= 0.3 is 0 Å². The minimum absolute atomic E-state index is 0.0596. The summed E-state index contributed by atoms with van der Waals surface area (Å²) in [6, 6.07) is 10.7. The average Bonchev–Trinajstić information content (AvgIpc) is 2.48. The highest BCUT2D eigenvalue weighted by Gasteiger charge is 2.14. The Hall–Kier alpha value is -2.36. The Morgan fingerprint density at radius 2 is 2.10 bits per heavy atom. The molecule has 1 N–H and O–H groups in total. The van der Waals surface area contributed by atoms with Crippen molar-refractivity contribution in [3.8, 4) is 5.75 Å². The van der Waals surface area contributed by atoms with Crippen LogP contribution in [0.3, 0.4) is 0 Å². The average molecular weight is 270 g/mol. The summed E-state index contributed by atoms with van der Waals surface area (Å²) in [5.41, 5.74) is 1.17. The number of benzene rings is 1. The lowest BCUT2D eigenvalue weighted by Crippen LogP contribution is -2.09. The highest BCUT2D eigenvalue weighted by atomic mass is 16.5. The van der Waals surface area contributed by atoms with E-state index in [0.717, 1.165) is 6.54 Å². The van der Waals surface area contributed by atoms with Crippen molar-refractivity contribution in [2.45, 2.75) is 13.8 Å². The van der Waals surface area contributed by atoms with Crippen molar-refractivity contribution in [2.75, 3.05) is 18.5 Å². The van der Waals surface area contributed by atoms with Gasteiger partial charge < -0.3 is 10.1 Å². The van der Waals surface area contributed by atoms with Gasteiger partial charge in [0.2, 0.25) is 0 Å². The number of ether oxygens (including phenoxy) is 1. The third kappa shape index (κ3) is 3.15. The van der Waals surface area contributed by atoms with Crippen LogP contribution in [0.5, 0.6) is 5.75 Å². The number of hydrogen-bond acceptors (Lipinski definition) is 4. The van der Waals surface area contributed by atoms with Crippen LogP contribution in [0.25, 0.3) is 0 Å². The molecule has 0 aliphatic rings. The number of nitrogens with zero attached hydrogens (tertiary/aromatic N) is 1. The standard InChI is InChI=1S/C16H18N2O2/c1-3-17-16-14(9-6-10-18-16)15(19)12-7-5-8-13(11-12)20-4-2/h5-11H,3-4H2,1-2H3,(H,17,18). The molecule has 0 saturated carbocycles. The minimum atomic E-state index is -0.0596. The Morgan fingerprint density at radius 3 is 2.85 bits per heavy atom. The molecular weight excluding hydrogens is 252 g/mol. The van der Waals surface area contributed by atoms with Crippen molar-refractivity contribution in [1.29, 1.82) is 0 Å². The van der Waals surface area contributed by atoms with E-state index in [1.54, 1.807) is 30.5 Å². The van der Waals surface area contributed by atoms with Crippen molar-refractivity contribution in [3.05, 3.63) is 53.7 Å². The molecule has 0 atom stereocenters. The fourth-order valence-corrected chi connectivity index (χ4v) is 1.95. The normalized spacial score (nSPS) is 10.1. The number of rotatable bonds is 6. The predicted octanol–water partition coefficient (Wildman–Crippen LogP) is 3.14. The molecule has 0 aliphatic heterocycles. The van der Waals surface area contributed by atoms with E-state index in [2.05, 4.69) is 10.3 Å². The maximum atomic E-state index is 12.6. The van der Waals surface area contributed by atoms with Crippen LogP contribution in [-0.4, -0.2) is 23.9 Å². The van der Waals surface area contributed by atoms with E-state index in [4.69, 9.17) is 4.74 Å². The van der Waals surface area contributed by atoms with Gasteiger partial charge in [-0.2, -0.15) is 0 Å². The van der Waals surface area contributed by atoms with Crippen molar-refractivity contribution < 1.29 is 9.53 Å². The monoisotopic (exact) mass is 270 g/mol. The summed E-state index contributed by atoms with van der Waals surface area (Å²) in [5.74, 6) is 1.25.